The molecule has 2 aliphatic heterocycles. The molecule has 2 fully saturated rings. The Hall–Kier alpha value is -1.35. The fourth-order valence-corrected chi connectivity index (χ4v) is 3.86. The van der Waals surface area contributed by atoms with Crippen LogP contribution in [0.5, 0.6) is 0 Å². The van der Waals surface area contributed by atoms with Crippen molar-refractivity contribution in [2.24, 2.45) is 0 Å². The predicted molar refractivity (Wildman–Crippen MR) is 90.1 cm³/mol. The second-order valence-corrected chi connectivity index (χ2v) is 6.84. The molecule has 0 saturated carbocycles. The van der Waals surface area contributed by atoms with Gasteiger partial charge in [0.1, 0.15) is 0 Å². The van der Waals surface area contributed by atoms with Crippen molar-refractivity contribution in [3.05, 3.63) is 35.4 Å². The van der Waals surface area contributed by atoms with Crippen LogP contribution in [0.2, 0.25) is 0 Å². The van der Waals surface area contributed by atoms with Crippen LogP contribution in [0, 0.1) is 6.92 Å². The summed E-state index contributed by atoms with van der Waals surface area (Å²) in [6.07, 6.45) is 7.75. The van der Waals surface area contributed by atoms with Crippen molar-refractivity contribution in [1.82, 2.24) is 9.80 Å². The first-order valence-electron chi connectivity index (χ1n) is 8.84. The molecule has 0 unspecified atom stereocenters. The molecule has 0 atom stereocenters. The van der Waals surface area contributed by atoms with E-state index in [2.05, 4.69) is 4.90 Å². The summed E-state index contributed by atoms with van der Waals surface area (Å²) in [4.78, 5) is 17.3. The molecule has 120 valence electrons. The highest BCUT2D eigenvalue weighted by atomic mass is 16.2. The van der Waals surface area contributed by atoms with Crippen LogP contribution in [0.15, 0.2) is 24.3 Å². The van der Waals surface area contributed by atoms with Crippen LogP contribution < -0.4 is 0 Å². The molecule has 1 amide bonds. The number of benzene rings is 1. The Balaban J connectivity index is 1.56. The zero-order valence-corrected chi connectivity index (χ0v) is 13.8. The summed E-state index contributed by atoms with van der Waals surface area (Å²) in [6.45, 7) is 6.39. The average Bonchev–Trinajstić information content (AvgIpc) is 2.84. The lowest BCUT2D eigenvalue weighted by Crippen LogP contribution is -2.47. The van der Waals surface area contributed by atoms with Crippen molar-refractivity contribution in [3.8, 4) is 0 Å². The smallest absolute Gasteiger partial charge is 0.253 e. The Morgan fingerprint density at radius 3 is 2.32 bits per heavy atom. The van der Waals surface area contributed by atoms with Crippen LogP contribution in [0.4, 0.5) is 0 Å². The van der Waals surface area contributed by atoms with Gasteiger partial charge in [-0.15, -0.1) is 0 Å². The second kappa shape index (κ2) is 7.28. The van der Waals surface area contributed by atoms with Gasteiger partial charge >= 0.3 is 0 Å². The third kappa shape index (κ3) is 3.70. The van der Waals surface area contributed by atoms with Gasteiger partial charge < -0.3 is 9.80 Å². The number of carbonyl (C=O) groups is 1. The van der Waals surface area contributed by atoms with Crippen LogP contribution >= 0.6 is 0 Å². The SMILES string of the molecule is Cc1cccc(C(=O)N2CCC(N3CCCCCC3)CC2)c1. The molecule has 0 bridgehead atoms. The number of likely N-dealkylation sites (tertiary alicyclic amines) is 2. The molecule has 22 heavy (non-hydrogen) atoms. The van der Waals surface area contributed by atoms with Gasteiger partial charge in [-0.25, -0.2) is 0 Å². The lowest BCUT2D eigenvalue weighted by molar-refractivity contribution is 0.0623. The number of nitrogens with zero attached hydrogens (tertiary/aromatic N) is 2. The Labute approximate surface area is 134 Å². The van der Waals surface area contributed by atoms with Gasteiger partial charge in [-0.1, -0.05) is 30.5 Å². The lowest BCUT2D eigenvalue weighted by atomic mass is 10.0. The fraction of sp³-hybridized carbons (Fsp3) is 0.632. The minimum atomic E-state index is 0.206. The highest BCUT2D eigenvalue weighted by molar-refractivity contribution is 5.94. The van der Waals surface area contributed by atoms with Gasteiger partial charge in [0.05, 0.1) is 0 Å². The summed E-state index contributed by atoms with van der Waals surface area (Å²) >= 11 is 0. The predicted octanol–water partition coefficient (Wildman–Crippen LogP) is 3.48. The number of hydrogen-bond donors (Lipinski definition) is 0. The van der Waals surface area contributed by atoms with Crippen LogP contribution in [0.1, 0.15) is 54.4 Å². The van der Waals surface area contributed by atoms with Crippen molar-refractivity contribution in [1.29, 1.82) is 0 Å². The van der Waals surface area contributed by atoms with Crippen molar-refractivity contribution < 1.29 is 4.79 Å². The third-order valence-corrected chi connectivity index (χ3v) is 5.17. The topological polar surface area (TPSA) is 23.6 Å². The normalized spacial score (nSPS) is 21.6. The molecule has 3 nitrogen and oxygen atoms in total. The van der Waals surface area contributed by atoms with E-state index in [4.69, 9.17) is 0 Å². The highest BCUT2D eigenvalue weighted by Gasteiger charge is 2.27. The van der Waals surface area contributed by atoms with Crippen LogP contribution in [0.3, 0.4) is 0 Å². The zero-order valence-electron chi connectivity index (χ0n) is 13.8. The molecular formula is C19H28N2O. The Kier molecular flexibility index (Phi) is 5.14. The van der Waals surface area contributed by atoms with E-state index in [0.29, 0.717) is 6.04 Å². The molecule has 2 aliphatic rings. The Morgan fingerprint density at radius 1 is 1.00 bits per heavy atom. The zero-order chi connectivity index (χ0) is 15.4. The van der Waals surface area contributed by atoms with E-state index in [-0.39, 0.29) is 5.91 Å². The molecule has 0 aromatic heterocycles. The van der Waals surface area contributed by atoms with Gasteiger partial charge in [0, 0.05) is 24.7 Å². The van der Waals surface area contributed by atoms with Gasteiger partial charge in [-0.05, 0) is 57.8 Å². The molecule has 0 spiro atoms. The molecule has 3 heteroatoms. The van der Waals surface area contributed by atoms with Gasteiger partial charge in [0.25, 0.3) is 5.91 Å². The number of amides is 1. The van der Waals surface area contributed by atoms with Crippen molar-refractivity contribution in [2.45, 2.75) is 51.5 Å². The van der Waals surface area contributed by atoms with Crippen LogP contribution in [-0.4, -0.2) is 47.9 Å². The van der Waals surface area contributed by atoms with E-state index >= 15 is 0 Å². The molecule has 2 saturated heterocycles. The summed E-state index contributed by atoms with van der Waals surface area (Å²) in [6, 6.07) is 8.66. The summed E-state index contributed by atoms with van der Waals surface area (Å²) in [7, 11) is 0. The molecule has 0 N–H and O–H groups in total. The summed E-state index contributed by atoms with van der Waals surface area (Å²) in [5.41, 5.74) is 2.00. The molecule has 0 aliphatic carbocycles. The van der Waals surface area contributed by atoms with Gasteiger partial charge in [0.2, 0.25) is 0 Å². The number of rotatable bonds is 2. The quantitative estimate of drug-likeness (QED) is 0.835. The molecule has 1 aromatic carbocycles. The van der Waals surface area contributed by atoms with Crippen molar-refractivity contribution in [3.63, 3.8) is 0 Å². The maximum absolute atomic E-state index is 12.6. The van der Waals surface area contributed by atoms with E-state index in [1.807, 2.05) is 36.1 Å². The first kappa shape index (κ1) is 15.5. The van der Waals surface area contributed by atoms with E-state index in [1.165, 1.54) is 38.8 Å². The summed E-state index contributed by atoms with van der Waals surface area (Å²) < 4.78 is 0. The average molecular weight is 300 g/mol. The maximum Gasteiger partial charge on any atom is 0.253 e. The number of piperidine rings is 1. The number of carbonyl (C=O) groups excluding carboxylic acids is 1. The monoisotopic (exact) mass is 300 g/mol. The first-order valence-corrected chi connectivity index (χ1v) is 8.84. The molecule has 1 aromatic rings. The second-order valence-electron chi connectivity index (χ2n) is 6.84. The largest absolute Gasteiger partial charge is 0.339 e. The maximum atomic E-state index is 12.6. The van der Waals surface area contributed by atoms with Crippen LogP contribution in [-0.2, 0) is 0 Å². The highest BCUT2D eigenvalue weighted by Crippen LogP contribution is 2.21. The van der Waals surface area contributed by atoms with Gasteiger partial charge in [0.15, 0.2) is 0 Å². The van der Waals surface area contributed by atoms with Crippen LogP contribution in [0.25, 0.3) is 0 Å². The Morgan fingerprint density at radius 2 is 1.68 bits per heavy atom. The Bertz CT molecular complexity index is 498. The van der Waals surface area contributed by atoms with Gasteiger partial charge in [-0.3, -0.25) is 4.79 Å². The van der Waals surface area contributed by atoms with E-state index < -0.39 is 0 Å². The molecule has 2 heterocycles. The summed E-state index contributed by atoms with van der Waals surface area (Å²) in [5, 5.41) is 0. The van der Waals surface area contributed by atoms with Crippen molar-refractivity contribution in [2.75, 3.05) is 26.2 Å². The lowest BCUT2D eigenvalue weighted by Gasteiger charge is -2.38. The molecular weight excluding hydrogens is 272 g/mol. The fourth-order valence-electron chi connectivity index (χ4n) is 3.86. The summed E-state index contributed by atoms with van der Waals surface area (Å²) in [5.74, 6) is 0.206. The molecule has 0 radical (unpaired) electrons. The van der Waals surface area contributed by atoms with E-state index in [9.17, 15) is 4.79 Å². The molecule has 3 rings (SSSR count). The third-order valence-electron chi connectivity index (χ3n) is 5.17. The van der Waals surface area contributed by atoms with Gasteiger partial charge in [-0.2, -0.15) is 0 Å². The standard InChI is InChI=1S/C19H28N2O/c1-16-7-6-8-17(15-16)19(22)21-13-9-18(10-14-21)20-11-4-2-3-5-12-20/h6-8,15,18H,2-5,9-14H2,1H3. The van der Waals surface area contributed by atoms with E-state index in [0.717, 1.165) is 37.1 Å². The number of hydrogen-bond acceptors (Lipinski definition) is 2. The van der Waals surface area contributed by atoms with E-state index in [1.54, 1.807) is 0 Å². The minimum absolute atomic E-state index is 0.206. The van der Waals surface area contributed by atoms with Crippen molar-refractivity contribution >= 4 is 5.91 Å². The first-order chi connectivity index (χ1) is 10.7. The minimum Gasteiger partial charge on any atom is -0.339 e. The number of aryl methyl sites for hydroxylation is 1.